The third kappa shape index (κ3) is 2.37. The van der Waals surface area contributed by atoms with Gasteiger partial charge in [-0.2, -0.15) is 9.78 Å². The molecule has 0 bridgehead atoms. The minimum absolute atomic E-state index is 0.108. The Morgan fingerprint density at radius 2 is 2.26 bits per heavy atom. The van der Waals surface area contributed by atoms with Crippen LogP contribution in [-0.2, 0) is 19.3 Å². The maximum absolute atomic E-state index is 13.0. The average molecular weight is 335 g/mol. The minimum Gasteiger partial charge on any atom is -0.393 e. The first kappa shape index (κ1) is 14.8. The monoisotopic (exact) mass is 334 g/mol. The van der Waals surface area contributed by atoms with Crippen LogP contribution < -0.4 is 5.73 Å². The standard InChI is InChI=1S/C16H19ClN4O2/c17-14-7-10-9(2-1-3-12(10)19-14)16(23)21-15(18)11-6-8(22)4-5-13(11)20-21/h7-9,19,22H,1-6,18H2/t8?,9-/m0/s1. The number of anilines is 1. The van der Waals surface area contributed by atoms with Gasteiger partial charge >= 0.3 is 0 Å². The molecule has 2 aliphatic rings. The molecule has 122 valence electrons. The maximum Gasteiger partial charge on any atom is 0.256 e. The molecule has 2 atom stereocenters. The smallest absolute Gasteiger partial charge is 0.256 e. The Balaban J connectivity index is 1.71. The van der Waals surface area contributed by atoms with E-state index in [-0.39, 0.29) is 11.8 Å². The number of aliphatic hydroxyl groups is 1. The van der Waals surface area contributed by atoms with Gasteiger partial charge in [-0.3, -0.25) is 4.79 Å². The molecular formula is C16H19ClN4O2. The first-order valence-electron chi connectivity index (χ1n) is 8.00. The summed E-state index contributed by atoms with van der Waals surface area (Å²) in [7, 11) is 0. The zero-order chi connectivity index (χ0) is 16.1. The molecule has 4 rings (SSSR count). The molecule has 0 spiro atoms. The summed E-state index contributed by atoms with van der Waals surface area (Å²) in [5.41, 5.74) is 9.80. The van der Waals surface area contributed by atoms with E-state index in [2.05, 4.69) is 10.1 Å². The van der Waals surface area contributed by atoms with Crippen molar-refractivity contribution < 1.29 is 9.90 Å². The molecule has 23 heavy (non-hydrogen) atoms. The Morgan fingerprint density at radius 1 is 1.43 bits per heavy atom. The first-order valence-corrected chi connectivity index (χ1v) is 8.38. The quantitative estimate of drug-likeness (QED) is 0.743. The van der Waals surface area contributed by atoms with Crippen molar-refractivity contribution in [3.8, 4) is 0 Å². The lowest BCUT2D eigenvalue weighted by molar-refractivity contribution is 0.0854. The number of aryl methyl sites for hydroxylation is 2. The lowest BCUT2D eigenvalue weighted by atomic mass is 9.86. The molecule has 0 saturated heterocycles. The molecule has 0 saturated carbocycles. The van der Waals surface area contributed by atoms with Crippen LogP contribution in [0.4, 0.5) is 5.82 Å². The third-order valence-corrected chi connectivity index (χ3v) is 5.17. The highest BCUT2D eigenvalue weighted by atomic mass is 35.5. The third-order valence-electron chi connectivity index (χ3n) is 4.96. The predicted octanol–water partition coefficient (Wildman–Crippen LogP) is 2.06. The van der Waals surface area contributed by atoms with E-state index >= 15 is 0 Å². The van der Waals surface area contributed by atoms with Crippen molar-refractivity contribution >= 4 is 23.3 Å². The van der Waals surface area contributed by atoms with Crippen molar-refractivity contribution in [2.45, 2.75) is 50.5 Å². The number of carbonyl (C=O) groups excluding carboxylic acids is 1. The molecule has 0 aliphatic heterocycles. The maximum atomic E-state index is 13.0. The van der Waals surface area contributed by atoms with E-state index < -0.39 is 6.10 Å². The summed E-state index contributed by atoms with van der Waals surface area (Å²) < 4.78 is 1.34. The van der Waals surface area contributed by atoms with Crippen LogP contribution in [0.5, 0.6) is 0 Å². The van der Waals surface area contributed by atoms with E-state index in [1.807, 2.05) is 6.07 Å². The lowest BCUT2D eigenvalue weighted by Gasteiger charge is -2.21. The highest BCUT2D eigenvalue weighted by Crippen LogP contribution is 2.36. The van der Waals surface area contributed by atoms with Crippen LogP contribution in [-0.4, -0.2) is 31.9 Å². The molecule has 4 N–H and O–H groups in total. The highest BCUT2D eigenvalue weighted by Gasteiger charge is 2.33. The number of fused-ring (bicyclic) bond motifs is 2. The molecule has 2 aliphatic carbocycles. The number of carbonyl (C=O) groups is 1. The highest BCUT2D eigenvalue weighted by molar-refractivity contribution is 6.29. The number of hydrogen-bond acceptors (Lipinski definition) is 4. The van der Waals surface area contributed by atoms with Gasteiger partial charge in [0.05, 0.1) is 17.7 Å². The SMILES string of the molecule is Nc1c2c(nn1C(=O)[C@H]1CCCc3[nH]c(Cl)cc31)CCC(O)C2. The summed E-state index contributed by atoms with van der Waals surface area (Å²) in [6, 6.07) is 1.84. The van der Waals surface area contributed by atoms with E-state index in [1.54, 1.807) is 0 Å². The Kier molecular flexibility index (Phi) is 3.46. The van der Waals surface area contributed by atoms with Crippen molar-refractivity contribution in [3.05, 3.63) is 33.7 Å². The molecule has 1 unspecified atom stereocenters. The fraction of sp³-hybridized carbons (Fsp3) is 0.500. The summed E-state index contributed by atoms with van der Waals surface area (Å²) in [4.78, 5) is 16.1. The fourth-order valence-electron chi connectivity index (χ4n) is 3.78. The number of aromatic amines is 1. The summed E-state index contributed by atoms with van der Waals surface area (Å²) in [5.74, 6) is -0.00316. The van der Waals surface area contributed by atoms with Gasteiger partial charge in [0.1, 0.15) is 11.0 Å². The predicted molar refractivity (Wildman–Crippen MR) is 86.8 cm³/mol. The minimum atomic E-state index is -0.401. The van der Waals surface area contributed by atoms with Gasteiger partial charge < -0.3 is 15.8 Å². The van der Waals surface area contributed by atoms with Gasteiger partial charge in [-0.15, -0.1) is 0 Å². The Labute approximate surface area is 138 Å². The van der Waals surface area contributed by atoms with Crippen LogP contribution in [0.3, 0.4) is 0 Å². The number of halogens is 1. The molecular weight excluding hydrogens is 316 g/mol. The summed E-state index contributed by atoms with van der Waals surface area (Å²) >= 11 is 6.05. The van der Waals surface area contributed by atoms with E-state index in [9.17, 15) is 9.90 Å². The molecule has 2 aromatic rings. The van der Waals surface area contributed by atoms with Gasteiger partial charge in [0.2, 0.25) is 0 Å². The Morgan fingerprint density at radius 3 is 3.09 bits per heavy atom. The molecule has 0 radical (unpaired) electrons. The average Bonchev–Trinajstić information content (AvgIpc) is 3.06. The number of aliphatic hydroxyl groups excluding tert-OH is 1. The molecule has 6 nitrogen and oxygen atoms in total. The van der Waals surface area contributed by atoms with Crippen molar-refractivity contribution in [1.82, 2.24) is 14.8 Å². The summed E-state index contributed by atoms with van der Waals surface area (Å²) in [6.45, 7) is 0. The second-order valence-electron chi connectivity index (χ2n) is 6.45. The molecule has 2 aromatic heterocycles. The topological polar surface area (TPSA) is 96.9 Å². The van der Waals surface area contributed by atoms with Crippen LogP contribution in [0.15, 0.2) is 6.07 Å². The lowest BCUT2D eigenvalue weighted by Crippen LogP contribution is -2.25. The number of rotatable bonds is 1. The number of hydrogen-bond donors (Lipinski definition) is 3. The summed E-state index contributed by atoms with van der Waals surface area (Å²) in [5, 5.41) is 14.8. The molecule has 0 aromatic carbocycles. The van der Waals surface area contributed by atoms with Gasteiger partial charge in [-0.25, -0.2) is 0 Å². The Bertz CT molecular complexity index is 779. The van der Waals surface area contributed by atoms with Gasteiger partial charge in [-0.1, -0.05) is 11.6 Å². The molecule has 2 heterocycles. The molecule has 0 fully saturated rings. The number of nitrogens with two attached hydrogens (primary N) is 1. The van der Waals surface area contributed by atoms with E-state index in [4.69, 9.17) is 17.3 Å². The molecule has 0 amide bonds. The summed E-state index contributed by atoms with van der Waals surface area (Å²) in [6.07, 6.45) is 4.00. The first-order chi connectivity index (χ1) is 11.0. The number of nitrogen functional groups attached to an aromatic ring is 1. The zero-order valence-corrected chi connectivity index (χ0v) is 13.4. The van der Waals surface area contributed by atoms with Gasteiger partial charge in [-0.05, 0) is 43.7 Å². The molecule has 7 heteroatoms. The van der Waals surface area contributed by atoms with Crippen molar-refractivity contribution in [2.24, 2.45) is 0 Å². The number of aromatic nitrogens is 3. The number of nitrogens with one attached hydrogen (secondary N) is 1. The fourth-order valence-corrected chi connectivity index (χ4v) is 4.01. The van der Waals surface area contributed by atoms with Gasteiger partial charge in [0.15, 0.2) is 0 Å². The van der Waals surface area contributed by atoms with Crippen LogP contribution >= 0.6 is 11.6 Å². The second-order valence-corrected chi connectivity index (χ2v) is 6.86. The van der Waals surface area contributed by atoms with Gasteiger partial charge in [0.25, 0.3) is 5.91 Å². The van der Waals surface area contributed by atoms with Crippen LogP contribution in [0.1, 0.15) is 52.5 Å². The van der Waals surface area contributed by atoms with E-state index in [0.29, 0.717) is 30.2 Å². The number of nitrogens with zero attached hydrogens (tertiary/aromatic N) is 2. The van der Waals surface area contributed by atoms with Crippen molar-refractivity contribution in [3.63, 3.8) is 0 Å². The van der Waals surface area contributed by atoms with Crippen LogP contribution in [0.2, 0.25) is 5.15 Å². The van der Waals surface area contributed by atoms with Crippen LogP contribution in [0.25, 0.3) is 0 Å². The normalized spacial score (nSPS) is 23.4. The van der Waals surface area contributed by atoms with Crippen molar-refractivity contribution in [2.75, 3.05) is 5.73 Å². The van der Waals surface area contributed by atoms with Crippen LogP contribution in [0, 0.1) is 0 Å². The van der Waals surface area contributed by atoms with E-state index in [0.717, 1.165) is 41.8 Å². The second kappa shape index (κ2) is 5.39. The Hall–Kier alpha value is -1.79. The zero-order valence-electron chi connectivity index (χ0n) is 12.7. The van der Waals surface area contributed by atoms with Gasteiger partial charge in [0, 0.05) is 17.7 Å². The largest absolute Gasteiger partial charge is 0.393 e. The van der Waals surface area contributed by atoms with Crippen molar-refractivity contribution in [1.29, 1.82) is 0 Å². The number of H-pyrrole nitrogens is 1. The van der Waals surface area contributed by atoms with E-state index in [1.165, 1.54) is 4.68 Å².